The van der Waals surface area contributed by atoms with Gasteiger partial charge in [-0.1, -0.05) is 6.07 Å². The molecule has 0 amide bonds. The van der Waals surface area contributed by atoms with E-state index >= 15 is 0 Å². The van der Waals surface area contributed by atoms with Crippen LogP contribution in [-0.2, 0) is 6.54 Å². The molecular formula is C23H30N6O2S. The number of nitrogens with one attached hydrogen (secondary N) is 2. The molecular weight excluding hydrogens is 424 g/mol. The Labute approximate surface area is 194 Å². The van der Waals surface area contributed by atoms with Crippen LogP contribution in [0, 0.1) is 0 Å². The predicted octanol–water partition coefficient (Wildman–Crippen LogP) is 3.67. The number of aromatic nitrogens is 2. The largest absolute Gasteiger partial charge is 0.454 e. The number of fused-ring (bicyclic) bond motifs is 1. The SMILES string of the molecule is CC1CCCCN1c1cc(N2CCCC2)nc(NC(=S)NCc2ccc3c(c2)OCO3)n1. The fourth-order valence-corrected chi connectivity index (χ4v) is 4.71. The standard InChI is InChI=1S/C23H30N6O2S/c1-16-6-2-3-11-29(16)21-13-20(28-9-4-5-10-28)25-22(26-21)27-23(32)24-14-17-7-8-18-19(12-17)31-15-30-18/h7-8,12-13,16H,2-6,9-11,14-15H2,1H3,(H2,24,25,26,27,32). The highest BCUT2D eigenvalue weighted by atomic mass is 32.1. The third-order valence-corrected chi connectivity index (χ3v) is 6.59. The van der Waals surface area contributed by atoms with Crippen LogP contribution >= 0.6 is 12.2 Å². The zero-order valence-corrected chi connectivity index (χ0v) is 19.3. The molecule has 8 nitrogen and oxygen atoms in total. The van der Waals surface area contributed by atoms with Gasteiger partial charge in [0, 0.05) is 38.3 Å². The van der Waals surface area contributed by atoms with Gasteiger partial charge < -0.3 is 29.9 Å². The number of piperidine rings is 1. The minimum atomic E-state index is 0.273. The molecule has 2 aromatic rings. The third kappa shape index (κ3) is 4.67. The van der Waals surface area contributed by atoms with E-state index in [9.17, 15) is 0 Å². The van der Waals surface area contributed by atoms with Crippen LogP contribution in [0.2, 0.25) is 0 Å². The van der Waals surface area contributed by atoms with E-state index in [4.69, 9.17) is 31.7 Å². The summed E-state index contributed by atoms with van der Waals surface area (Å²) in [5.41, 5.74) is 1.06. The van der Waals surface area contributed by atoms with Gasteiger partial charge in [0.25, 0.3) is 0 Å². The fraction of sp³-hybridized carbons (Fsp3) is 0.522. The van der Waals surface area contributed by atoms with Crippen molar-refractivity contribution in [3.05, 3.63) is 29.8 Å². The molecule has 1 atom stereocenters. The van der Waals surface area contributed by atoms with Crippen LogP contribution in [0.5, 0.6) is 11.5 Å². The smallest absolute Gasteiger partial charge is 0.232 e. The van der Waals surface area contributed by atoms with Gasteiger partial charge >= 0.3 is 0 Å². The first-order valence-corrected chi connectivity index (χ1v) is 11.9. The molecule has 2 fully saturated rings. The molecule has 9 heteroatoms. The molecule has 0 bridgehead atoms. The molecule has 0 spiro atoms. The molecule has 170 valence electrons. The van der Waals surface area contributed by atoms with Gasteiger partial charge in [-0.15, -0.1) is 0 Å². The van der Waals surface area contributed by atoms with E-state index in [2.05, 4.69) is 33.4 Å². The highest BCUT2D eigenvalue weighted by Gasteiger charge is 2.23. The fourth-order valence-electron chi connectivity index (χ4n) is 4.55. The zero-order valence-electron chi connectivity index (χ0n) is 18.5. The van der Waals surface area contributed by atoms with Crippen LogP contribution in [-0.4, -0.2) is 47.5 Å². The van der Waals surface area contributed by atoms with Gasteiger partial charge in [-0.2, -0.15) is 9.97 Å². The zero-order chi connectivity index (χ0) is 21.9. The average molecular weight is 455 g/mol. The number of hydrogen-bond donors (Lipinski definition) is 2. The van der Waals surface area contributed by atoms with Gasteiger partial charge in [-0.25, -0.2) is 0 Å². The summed E-state index contributed by atoms with van der Waals surface area (Å²) in [7, 11) is 0. The maximum absolute atomic E-state index is 5.55. The summed E-state index contributed by atoms with van der Waals surface area (Å²) in [6.45, 7) is 6.24. The lowest BCUT2D eigenvalue weighted by molar-refractivity contribution is 0.174. The van der Waals surface area contributed by atoms with Crippen LogP contribution in [0.4, 0.5) is 17.6 Å². The molecule has 0 saturated carbocycles. The van der Waals surface area contributed by atoms with Crippen LogP contribution in [0.1, 0.15) is 44.6 Å². The second-order valence-corrected chi connectivity index (χ2v) is 9.04. The Bertz CT molecular complexity index is 981. The summed E-state index contributed by atoms with van der Waals surface area (Å²) in [6.07, 6.45) is 6.09. The van der Waals surface area contributed by atoms with Gasteiger partial charge in [-0.05, 0) is 68.9 Å². The third-order valence-electron chi connectivity index (χ3n) is 6.34. The molecule has 1 aromatic heterocycles. The van der Waals surface area contributed by atoms with Crippen molar-refractivity contribution < 1.29 is 9.47 Å². The minimum absolute atomic E-state index is 0.273. The van der Waals surface area contributed by atoms with Gasteiger partial charge in [-0.3, -0.25) is 0 Å². The quantitative estimate of drug-likeness (QED) is 0.658. The van der Waals surface area contributed by atoms with Crippen LogP contribution in [0.25, 0.3) is 0 Å². The number of ether oxygens (including phenoxy) is 2. The van der Waals surface area contributed by atoms with Crippen molar-refractivity contribution in [2.45, 2.75) is 51.6 Å². The van der Waals surface area contributed by atoms with E-state index in [0.717, 1.165) is 48.3 Å². The number of benzene rings is 1. The van der Waals surface area contributed by atoms with Crippen molar-refractivity contribution in [1.82, 2.24) is 15.3 Å². The monoisotopic (exact) mass is 454 g/mol. The number of rotatable bonds is 5. The lowest BCUT2D eigenvalue weighted by Crippen LogP contribution is -2.38. The van der Waals surface area contributed by atoms with Gasteiger partial charge in [0.1, 0.15) is 11.6 Å². The van der Waals surface area contributed by atoms with Gasteiger partial charge in [0.05, 0.1) is 0 Å². The van der Waals surface area contributed by atoms with E-state index in [1.54, 1.807) is 0 Å². The Morgan fingerprint density at radius 3 is 2.66 bits per heavy atom. The summed E-state index contributed by atoms with van der Waals surface area (Å²) in [5.74, 6) is 4.05. The molecule has 3 aliphatic heterocycles. The van der Waals surface area contributed by atoms with E-state index in [-0.39, 0.29) is 6.79 Å². The molecule has 1 unspecified atom stereocenters. The first kappa shape index (κ1) is 21.1. The molecule has 3 aliphatic rings. The molecule has 2 N–H and O–H groups in total. The average Bonchev–Trinajstić information content (AvgIpc) is 3.49. The second kappa shape index (κ2) is 9.36. The van der Waals surface area contributed by atoms with Crippen molar-refractivity contribution in [2.75, 3.05) is 41.5 Å². The topological polar surface area (TPSA) is 74.8 Å². The molecule has 0 radical (unpaired) electrons. The highest BCUT2D eigenvalue weighted by Crippen LogP contribution is 2.32. The Morgan fingerprint density at radius 2 is 1.81 bits per heavy atom. The second-order valence-electron chi connectivity index (χ2n) is 8.64. The van der Waals surface area contributed by atoms with Crippen molar-refractivity contribution in [3.8, 4) is 11.5 Å². The summed E-state index contributed by atoms with van der Waals surface area (Å²) in [5, 5.41) is 6.96. The highest BCUT2D eigenvalue weighted by molar-refractivity contribution is 7.80. The first-order valence-electron chi connectivity index (χ1n) is 11.5. The van der Waals surface area contributed by atoms with Gasteiger partial charge in [0.15, 0.2) is 16.6 Å². The maximum Gasteiger partial charge on any atom is 0.232 e. The Morgan fingerprint density at radius 1 is 1.03 bits per heavy atom. The molecule has 0 aliphatic carbocycles. The van der Waals surface area contributed by atoms with Crippen molar-refractivity contribution in [3.63, 3.8) is 0 Å². The number of nitrogens with zero attached hydrogens (tertiary/aromatic N) is 4. The normalized spacial score (nSPS) is 19.8. The van der Waals surface area contributed by atoms with Gasteiger partial charge in [0.2, 0.25) is 12.7 Å². The lowest BCUT2D eigenvalue weighted by atomic mass is 10.0. The molecule has 1 aromatic carbocycles. The van der Waals surface area contributed by atoms with Crippen LogP contribution in [0.3, 0.4) is 0 Å². The van der Waals surface area contributed by atoms with Crippen molar-refractivity contribution in [2.24, 2.45) is 0 Å². The number of thiocarbonyl (C=S) groups is 1. The van der Waals surface area contributed by atoms with Crippen LogP contribution < -0.4 is 29.9 Å². The minimum Gasteiger partial charge on any atom is -0.454 e. The summed E-state index contributed by atoms with van der Waals surface area (Å²) >= 11 is 5.55. The van der Waals surface area contributed by atoms with E-state index in [1.807, 2.05) is 18.2 Å². The lowest BCUT2D eigenvalue weighted by Gasteiger charge is -2.35. The van der Waals surface area contributed by atoms with Crippen molar-refractivity contribution in [1.29, 1.82) is 0 Å². The maximum atomic E-state index is 5.55. The molecule has 2 saturated heterocycles. The summed E-state index contributed by atoms with van der Waals surface area (Å²) in [4.78, 5) is 14.4. The molecule has 4 heterocycles. The Hall–Kier alpha value is -2.81. The summed E-state index contributed by atoms with van der Waals surface area (Å²) in [6, 6.07) is 8.52. The Balaban J connectivity index is 1.29. The summed E-state index contributed by atoms with van der Waals surface area (Å²) < 4.78 is 10.8. The van der Waals surface area contributed by atoms with Crippen LogP contribution in [0.15, 0.2) is 24.3 Å². The van der Waals surface area contributed by atoms with E-state index < -0.39 is 0 Å². The Kier molecular flexibility index (Phi) is 6.16. The first-order chi connectivity index (χ1) is 15.7. The number of hydrogen-bond acceptors (Lipinski definition) is 7. The molecule has 5 rings (SSSR count). The van der Waals surface area contributed by atoms with Crippen molar-refractivity contribution >= 4 is 34.9 Å². The number of anilines is 3. The van der Waals surface area contributed by atoms with E-state index in [0.29, 0.717) is 23.6 Å². The van der Waals surface area contributed by atoms with E-state index in [1.165, 1.54) is 32.1 Å². The predicted molar refractivity (Wildman–Crippen MR) is 130 cm³/mol. The molecule has 32 heavy (non-hydrogen) atoms.